The molecule has 0 amide bonds. The van der Waals surface area contributed by atoms with Gasteiger partial charge in [0.05, 0.1) is 5.69 Å². The van der Waals surface area contributed by atoms with Crippen LogP contribution in [0.1, 0.15) is 11.1 Å². The Balaban J connectivity index is 1.67. The number of rotatable bonds is 4. The molecule has 7 heteroatoms. The molecule has 126 valence electrons. The molecule has 0 N–H and O–H groups in total. The van der Waals surface area contributed by atoms with Gasteiger partial charge >= 0.3 is 0 Å². The monoisotopic (exact) mass is 389 g/mol. The fourth-order valence-corrected chi connectivity index (χ4v) is 4.44. The van der Waals surface area contributed by atoms with Crippen LogP contribution >= 0.6 is 34.7 Å². The summed E-state index contributed by atoms with van der Waals surface area (Å²) in [5.41, 5.74) is 3.73. The van der Waals surface area contributed by atoms with E-state index < -0.39 is 0 Å². The number of halogens is 2. The maximum atomic E-state index is 13.6. The number of aromatic nitrogens is 3. The lowest BCUT2D eigenvalue weighted by atomic mass is 10.1. The standard InChI is InChI=1S/C18H13ClFN3S2/c1-11-8-13(4-7-15(11)20)16-10-25-18-22-21-17(23(16)18)24-9-12-2-5-14(19)6-3-12/h2-8,10H,9H2,1H3. The molecule has 0 bridgehead atoms. The van der Waals surface area contributed by atoms with Crippen LogP contribution in [0.25, 0.3) is 16.2 Å². The number of thiazole rings is 1. The number of fused-ring (bicyclic) bond motifs is 1. The van der Waals surface area contributed by atoms with Crippen LogP contribution in [-0.4, -0.2) is 14.6 Å². The first-order valence-electron chi connectivity index (χ1n) is 7.58. The number of hydrogen-bond donors (Lipinski definition) is 0. The largest absolute Gasteiger partial charge is 0.260 e. The molecule has 0 aliphatic carbocycles. The third-order valence-electron chi connectivity index (χ3n) is 3.86. The Morgan fingerprint density at radius 2 is 1.96 bits per heavy atom. The molecule has 0 unspecified atom stereocenters. The third-order valence-corrected chi connectivity index (χ3v) is 5.92. The maximum absolute atomic E-state index is 13.6. The van der Waals surface area contributed by atoms with Crippen molar-refractivity contribution >= 4 is 39.7 Å². The molecule has 0 aliphatic rings. The van der Waals surface area contributed by atoms with E-state index >= 15 is 0 Å². The molecule has 0 saturated heterocycles. The third kappa shape index (κ3) is 3.29. The van der Waals surface area contributed by atoms with Crippen LogP contribution in [0.5, 0.6) is 0 Å². The lowest BCUT2D eigenvalue weighted by molar-refractivity contribution is 0.618. The summed E-state index contributed by atoms with van der Waals surface area (Å²) in [4.78, 5) is 0.829. The smallest absolute Gasteiger partial charge is 0.217 e. The van der Waals surface area contributed by atoms with Crippen molar-refractivity contribution in [2.24, 2.45) is 0 Å². The van der Waals surface area contributed by atoms with Gasteiger partial charge in [-0.1, -0.05) is 35.5 Å². The van der Waals surface area contributed by atoms with E-state index in [1.165, 1.54) is 23.0 Å². The van der Waals surface area contributed by atoms with Crippen LogP contribution in [0.15, 0.2) is 53.0 Å². The van der Waals surface area contributed by atoms with Crippen molar-refractivity contribution in [2.45, 2.75) is 17.8 Å². The summed E-state index contributed by atoms with van der Waals surface area (Å²) >= 11 is 9.07. The van der Waals surface area contributed by atoms with Gasteiger partial charge in [-0.25, -0.2) is 4.39 Å². The summed E-state index contributed by atoms with van der Waals surface area (Å²) in [6, 6.07) is 12.9. The van der Waals surface area contributed by atoms with Gasteiger partial charge in [-0.3, -0.25) is 4.40 Å². The Morgan fingerprint density at radius 3 is 2.72 bits per heavy atom. The number of aryl methyl sites for hydroxylation is 1. The van der Waals surface area contributed by atoms with Crippen molar-refractivity contribution in [1.29, 1.82) is 0 Å². The van der Waals surface area contributed by atoms with Crippen molar-refractivity contribution in [3.8, 4) is 11.3 Å². The number of nitrogens with zero attached hydrogens (tertiary/aromatic N) is 3. The number of benzene rings is 2. The highest BCUT2D eigenvalue weighted by molar-refractivity contribution is 7.98. The van der Waals surface area contributed by atoms with Crippen LogP contribution in [0.3, 0.4) is 0 Å². The fourth-order valence-electron chi connectivity index (χ4n) is 2.52. The molecular weight excluding hydrogens is 377 g/mol. The average molecular weight is 390 g/mol. The van der Waals surface area contributed by atoms with Gasteiger partial charge in [-0.15, -0.1) is 21.5 Å². The van der Waals surface area contributed by atoms with Crippen LogP contribution in [-0.2, 0) is 5.75 Å². The van der Waals surface area contributed by atoms with E-state index in [2.05, 4.69) is 10.2 Å². The predicted octanol–water partition coefficient (Wildman–Crippen LogP) is 5.85. The van der Waals surface area contributed by atoms with E-state index in [4.69, 9.17) is 11.6 Å². The van der Waals surface area contributed by atoms with Crippen LogP contribution < -0.4 is 0 Å². The Hall–Kier alpha value is -1.89. The van der Waals surface area contributed by atoms with Crippen molar-refractivity contribution in [1.82, 2.24) is 14.6 Å². The van der Waals surface area contributed by atoms with Gasteiger partial charge in [0.15, 0.2) is 5.16 Å². The Bertz CT molecular complexity index is 1040. The van der Waals surface area contributed by atoms with Crippen LogP contribution in [0.4, 0.5) is 4.39 Å². The van der Waals surface area contributed by atoms with Crippen molar-refractivity contribution in [3.05, 3.63) is 69.8 Å². The normalized spacial score (nSPS) is 11.3. The lowest BCUT2D eigenvalue weighted by Crippen LogP contribution is -1.91. The maximum Gasteiger partial charge on any atom is 0.217 e. The van der Waals surface area contributed by atoms with E-state index in [1.54, 1.807) is 24.8 Å². The highest BCUT2D eigenvalue weighted by Gasteiger charge is 2.14. The average Bonchev–Trinajstić information content (AvgIpc) is 3.19. The highest BCUT2D eigenvalue weighted by Crippen LogP contribution is 2.32. The zero-order valence-corrected chi connectivity index (χ0v) is 15.6. The predicted molar refractivity (Wildman–Crippen MR) is 102 cm³/mol. The van der Waals surface area contributed by atoms with E-state index in [-0.39, 0.29) is 5.82 Å². The molecule has 4 aromatic rings. The summed E-state index contributed by atoms with van der Waals surface area (Å²) in [5, 5.41) is 12.1. The second-order valence-electron chi connectivity index (χ2n) is 5.60. The van der Waals surface area contributed by atoms with Crippen molar-refractivity contribution < 1.29 is 4.39 Å². The molecule has 0 saturated carbocycles. The summed E-state index contributed by atoms with van der Waals surface area (Å²) in [5.74, 6) is 0.576. The molecule has 0 spiro atoms. The minimum Gasteiger partial charge on any atom is -0.260 e. The summed E-state index contributed by atoms with van der Waals surface area (Å²) in [6.45, 7) is 1.77. The number of thioether (sulfide) groups is 1. The van der Waals surface area contributed by atoms with Gasteiger partial charge in [0.2, 0.25) is 4.96 Å². The molecule has 2 aromatic carbocycles. The minimum atomic E-state index is -0.198. The fraction of sp³-hybridized carbons (Fsp3) is 0.111. The number of hydrogen-bond acceptors (Lipinski definition) is 4. The highest BCUT2D eigenvalue weighted by atomic mass is 35.5. The van der Waals surface area contributed by atoms with Crippen LogP contribution in [0, 0.1) is 12.7 Å². The van der Waals surface area contributed by atoms with Gasteiger partial charge in [0.25, 0.3) is 0 Å². The van der Waals surface area contributed by atoms with E-state index in [1.807, 2.05) is 40.1 Å². The van der Waals surface area contributed by atoms with Gasteiger partial charge in [0.1, 0.15) is 5.82 Å². The van der Waals surface area contributed by atoms with Gasteiger partial charge in [-0.2, -0.15) is 0 Å². The first kappa shape index (κ1) is 16.6. The molecule has 0 atom stereocenters. The zero-order valence-electron chi connectivity index (χ0n) is 13.2. The lowest BCUT2D eigenvalue weighted by Gasteiger charge is -2.05. The molecule has 2 heterocycles. The van der Waals surface area contributed by atoms with Gasteiger partial charge < -0.3 is 0 Å². The van der Waals surface area contributed by atoms with Crippen molar-refractivity contribution in [3.63, 3.8) is 0 Å². The minimum absolute atomic E-state index is 0.198. The van der Waals surface area contributed by atoms with E-state index in [0.29, 0.717) is 5.56 Å². The van der Waals surface area contributed by atoms with Gasteiger partial charge in [-0.05, 0) is 53.9 Å². The molecule has 3 nitrogen and oxygen atoms in total. The SMILES string of the molecule is Cc1cc(-c2csc3nnc(SCc4ccc(Cl)cc4)n23)ccc1F. The summed E-state index contributed by atoms with van der Waals surface area (Å²) < 4.78 is 15.6. The second kappa shape index (κ2) is 6.78. The van der Waals surface area contributed by atoms with Gasteiger partial charge in [0, 0.05) is 16.2 Å². The topological polar surface area (TPSA) is 30.2 Å². The molecule has 0 fully saturated rings. The zero-order chi connectivity index (χ0) is 17.4. The molecule has 0 aliphatic heterocycles. The molecule has 4 rings (SSSR count). The summed E-state index contributed by atoms with van der Waals surface area (Å²) in [7, 11) is 0. The Morgan fingerprint density at radius 1 is 1.16 bits per heavy atom. The quantitative estimate of drug-likeness (QED) is 0.410. The molecular formula is C18H13ClFN3S2. The van der Waals surface area contributed by atoms with E-state index in [9.17, 15) is 4.39 Å². The summed E-state index contributed by atoms with van der Waals surface area (Å²) in [6.07, 6.45) is 0. The Labute approximate surface area is 157 Å². The van der Waals surface area contributed by atoms with Crippen LogP contribution in [0.2, 0.25) is 5.02 Å². The first-order chi connectivity index (χ1) is 12.1. The van der Waals surface area contributed by atoms with E-state index in [0.717, 1.165) is 32.2 Å². The second-order valence-corrected chi connectivity index (χ2v) is 7.82. The Kier molecular flexibility index (Phi) is 4.50. The molecule has 2 aromatic heterocycles. The molecule has 25 heavy (non-hydrogen) atoms. The first-order valence-corrected chi connectivity index (χ1v) is 9.82. The molecule has 0 radical (unpaired) electrons. The van der Waals surface area contributed by atoms with Crippen molar-refractivity contribution in [2.75, 3.05) is 0 Å².